The fraction of sp³-hybridized carbons (Fsp3) is 0.769. The van der Waals surface area contributed by atoms with E-state index in [0.29, 0.717) is 12.2 Å². The number of nitrogen functional groups attached to an aromatic ring is 1. The maximum Gasteiger partial charge on any atom is 0.0736 e. The summed E-state index contributed by atoms with van der Waals surface area (Å²) in [5.74, 6) is 0. The van der Waals surface area contributed by atoms with Gasteiger partial charge in [0.25, 0.3) is 0 Å². The number of hydrogen-bond donors (Lipinski definition) is 2. The summed E-state index contributed by atoms with van der Waals surface area (Å²) in [5.41, 5.74) is 6.21. The lowest BCUT2D eigenvalue weighted by Crippen LogP contribution is -2.16. The van der Waals surface area contributed by atoms with Crippen molar-refractivity contribution in [1.29, 1.82) is 0 Å². The first-order chi connectivity index (χ1) is 8.22. The van der Waals surface area contributed by atoms with Gasteiger partial charge in [0.2, 0.25) is 0 Å². The molecule has 1 rings (SSSR count). The Kier molecular flexibility index (Phi) is 6.70. The predicted octanol–water partition coefficient (Wildman–Crippen LogP) is 2.58. The number of rotatable bonds is 9. The molecule has 0 radical (unpaired) electrons. The van der Waals surface area contributed by atoms with Crippen LogP contribution >= 0.6 is 0 Å². The summed E-state index contributed by atoms with van der Waals surface area (Å²) in [5, 5.41) is 13.9. The Morgan fingerprint density at radius 1 is 1.29 bits per heavy atom. The van der Waals surface area contributed by atoms with Gasteiger partial charge in [-0.2, -0.15) is 5.10 Å². The molecule has 0 aliphatic rings. The number of aliphatic hydroxyl groups is 1. The van der Waals surface area contributed by atoms with Crippen LogP contribution in [0.4, 0.5) is 5.69 Å². The van der Waals surface area contributed by atoms with Gasteiger partial charge in [-0.25, -0.2) is 0 Å². The molecule has 0 fully saturated rings. The van der Waals surface area contributed by atoms with E-state index in [1.54, 1.807) is 17.1 Å². The molecule has 1 heterocycles. The average Bonchev–Trinajstić information content (AvgIpc) is 2.69. The average molecular weight is 239 g/mol. The summed E-state index contributed by atoms with van der Waals surface area (Å²) >= 11 is 0. The van der Waals surface area contributed by atoms with Crippen LogP contribution in [-0.4, -0.2) is 21.0 Å². The molecule has 0 amide bonds. The second kappa shape index (κ2) is 8.12. The Hall–Kier alpha value is -1.03. The summed E-state index contributed by atoms with van der Waals surface area (Å²) in [4.78, 5) is 0. The van der Waals surface area contributed by atoms with Gasteiger partial charge in [-0.15, -0.1) is 0 Å². The van der Waals surface area contributed by atoms with Gasteiger partial charge in [-0.1, -0.05) is 45.4 Å². The van der Waals surface area contributed by atoms with Crippen molar-refractivity contribution in [1.82, 2.24) is 9.78 Å². The minimum absolute atomic E-state index is 0.305. The number of nitrogens with two attached hydrogens (primary N) is 1. The molecule has 1 aromatic rings. The summed E-state index contributed by atoms with van der Waals surface area (Å²) in [7, 11) is 0. The van der Waals surface area contributed by atoms with Crippen molar-refractivity contribution in [2.45, 2.75) is 64.5 Å². The van der Waals surface area contributed by atoms with Crippen molar-refractivity contribution in [3.05, 3.63) is 12.4 Å². The molecule has 4 heteroatoms. The first-order valence-corrected chi connectivity index (χ1v) is 6.68. The number of unbranched alkanes of at least 4 members (excludes halogenated alkanes) is 5. The second-order valence-corrected chi connectivity index (χ2v) is 4.71. The molecule has 0 aliphatic carbocycles. The van der Waals surface area contributed by atoms with Gasteiger partial charge < -0.3 is 10.8 Å². The zero-order valence-corrected chi connectivity index (χ0v) is 10.8. The summed E-state index contributed by atoms with van der Waals surface area (Å²) < 4.78 is 1.71. The van der Waals surface area contributed by atoms with Gasteiger partial charge in [0, 0.05) is 6.20 Å². The van der Waals surface area contributed by atoms with E-state index in [9.17, 15) is 5.11 Å². The number of anilines is 1. The molecule has 0 saturated carbocycles. The smallest absolute Gasteiger partial charge is 0.0736 e. The van der Waals surface area contributed by atoms with Crippen molar-refractivity contribution in [2.24, 2.45) is 0 Å². The van der Waals surface area contributed by atoms with Crippen LogP contribution in [0, 0.1) is 0 Å². The predicted molar refractivity (Wildman–Crippen MR) is 70.6 cm³/mol. The van der Waals surface area contributed by atoms with Crippen molar-refractivity contribution >= 4 is 5.69 Å². The monoisotopic (exact) mass is 239 g/mol. The maximum atomic E-state index is 9.81. The van der Waals surface area contributed by atoms with Crippen LogP contribution in [0.25, 0.3) is 0 Å². The van der Waals surface area contributed by atoms with E-state index in [4.69, 9.17) is 5.73 Å². The van der Waals surface area contributed by atoms with E-state index >= 15 is 0 Å². The molecule has 0 aliphatic heterocycles. The summed E-state index contributed by atoms with van der Waals surface area (Å²) in [6.07, 6.45) is 11.4. The zero-order valence-electron chi connectivity index (χ0n) is 10.8. The molecule has 17 heavy (non-hydrogen) atoms. The molecular weight excluding hydrogens is 214 g/mol. The van der Waals surface area contributed by atoms with Crippen LogP contribution in [0.3, 0.4) is 0 Å². The Bertz CT molecular complexity index is 299. The van der Waals surface area contributed by atoms with Gasteiger partial charge in [0.15, 0.2) is 0 Å². The molecule has 0 bridgehead atoms. The fourth-order valence-corrected chi connectivity index (χ4v) is 1.95. The van der Waals surface area contributed by atoms with Crippen LogP contribution in [0.1, 0.15) is 51.9 Å². The Morgan fingerprint density at radius 3 is 2.65 bits per heavy atom. The third-order valence-electron chi connectivity index (χ3n) is 2.94. The fourth-order valence-electron chi connectivity index (χ4n) is 1.95. The van der Waals surface area contributed by atoms with E-state index < -0.39 is 0 Å². The Balaban J connectivity index is 2.03. The normalized spacial score (nSPS) is 12.8. The Labute approximate surface area is 104 Å². The lowest BCUT2D eigenvalue weighted by molar-refractivity contribution is 0.136. The summed E-state index contributed by atoms with van der Waals surface area (Å²) in [6.45, 7) is 2.77. The highest BCUT2D eigenvalue weighted by Crippen LogP contribution is 2.10. The molecule has 3 N–H and O–H groups in total. The number of nitrogens with zero attached hydrogens (tertiary/aromatic N) is 2. The summed E-state index contributed by atoms with van der Waals surface area (Å²) in [6, 6.07) is 0. The highest BCUT2D eigenvalue weighted by atomic mass is 16.3. The van der Waals surface area contributed by atoms with Crippen molar-refractivity contribution in [2.75, 3.05) is 5.73 Å². The molecule has 98 valence electrons. The molecule has 1 unspecified atom stereocenters. The van der Waals surface area contributed by atoms with Crippen molar-refractivity contribution in [3.8, 4) is 0 Å². The van der Waals surface area contributed by atoms with Crippen molar-refractivity contribution in [3.63, 3.8) is 0 Å². The third-order valence-corrected chi connectivity index (χ3v) is 2.94. The quantitative estimate of drug-likeness (QED) is 0.651. The largest absolute Gasteiger partial charge is 0.396 e. The highest BCUT2D eigenvalue weighted by molar-refractivity contribution is 5.30. The number of hydrogen-bond acceptors (Lipinski definition) is 3. The number of aliphatic hydroxyl groups excluding tert-OH is 1. The first kappa shape index (κ1) is 14.0. The minimum atomic E-state index is -0.305. The van der Waals surface area contributed by atoms with Gasteiger partial charge in [0.05, 0.1) is 24.5 Å². The SMILES string of the molecule is CCCCCCCCC(O)Cn1cc(N)cn1. The molecule has 0 aromatic carbocycles. The molecule has 1 atom stereocenters. The van der Waals surface area contributed by atoms with Crippen LogP contribution in [-0.2, 0) is 6.54 Å². The number of aromatic nitrogens is 2. The maximum absolute atomic E-state index is 9.81. The van der Waals surface area contributed by atoms with Crippen molar-refractivity contribution < 1.29 is 5.11 Å². The lowest BCUT2D eigenvalue weighted by Gasteiger charge is -2.10. The lowest BCUT2D eigenvalue weighted by atomic mass is 10.1. The highest BCUT2D eigenvalue weighted by Gasteiger charge is 2.05. The van der Waals surface area contributed by atoms with E-state index in [-0.39, 0.29) is 6.10 Å². The van der Waals surface area contributed by atoms with Gasteiger partial charge >= 0.3 is 0 Å². The van der Waals surface area contributed by atoms with Crippen LogP contribution < -0.4 is 5.73 Å². The van der Waals surface area contributed by atoms with Gasteiger partial charge in [-0.05, 0) is 6.42 Å². The standard InChI is InChI=1S/C13H25N3O/c1-2-3-4-5-6-7-8-13(17)11-16-10-12(14)9-15-16/h9-10,13,17H,2-8,11,14H2,1H3. The molecule has 1 aromatic heterocycles. The molecule has 4 nitrogen and oxygen atoms in total. The third kappa shape index (κ3) is 6.31. The van der Waals surface area contributed by atoms with E-state index in [0.717, 1.165) is 12.8 Å². The minimum Gasteiger partial charge on any atom is -0.396 e. The van der Waals surface area contributed by atoms with Gasteiger partial charge in [0.1, 0.15) is 0 Å². The molecule has 0 spiro atoms. The van der Waals surface area contributed by atoms with E-state index in [1.807, 2.05) is 0 Å². The topological polar surface area (TPSA) is 64.1 Å². The first-order valence-electron chi connectivity index (χ1n) is 6.68. The zero-order chi connectivity index (χ0) is 12.5. The molecular formula is C13H25N3O. The van der Waals surface area contributed by atoms with Crippen LogP contribution in [0.5, 0.6) is 0 Å². The van der Waals surface area contributed by atoms with E-state index in [1.165, 1.54) is 32.1 Å². The van der Waals surface area contributed by atoms with Crippen LogP contribution in [0.2, 0.25) is 0 Å². The van der Waals surface area contributed by atoms with E-state index in [2.05, 4.69) is 12.0 Å². The second-order valence-electron chi connectivity index (χ2n) is 4.71. The Morgan fingerprint density at radius 2 is 2.00 bits per heavy atom. The van der Waals surface area contributed by atoms with Gasteiger partial charge in [-0.3, -0.25) is 4.68 Å². The molecule has 0 saturated heterocycles. The van der Waals surface area contributed by atoms with Crippen LogP contribution in [0.15, 0.2) is 12.4 Å².